The molecule has 0 atom stereocenters. The zero-order valence-corrected chi connectivity index (χ0v) is 11.0. The summed E-state index contributed by atoms with van der Waals surface area (Å²) in [6, 6.07) is 0. The van der Waals surface area contributed by atoms with Gasteiger partial charge in [0.2, 0.25) is 0 Å². The number of ether oxygens (including phenoxy) is 1. The zero-order chi connectivity index (χ0) is 13.5. The van der Waals surface area contributed by atoms with Crippen LogP contribution in [0.5, 0.6) is 0 Å². The number of methoxy groups -OCH3 is 1. The van der Waals surface area contributed by atoms with Crippen LogP contribution in [0.25, 0.3) is 0 Å². The van der Waals surface area contributed by atoms with Gasteiger partial charge in [0.05, 0.1) is 7.11 Å². The van der Waals surface area contributed by atoms with Gasteiger partial charge in [-0.1, -0.05) is 0 Å². The number of nitrogens with zero attached hydrogens (tertiary/aromatic N) is 3. The third kappa shape index (κ3) is 3.40. The summed E-state index contributed by atoms with van der Waals surface area (Å²) in [6.07, 6.45) is 2.10. The van der Waals surface area contributed by atoms with Crippen LogP contribution < -0.4 is 4.90 Å². The van der Waals surface area contributed by atoms with Crippen LogP contribution >= 0.6 is 0 Å². The molecule has 0 bridgehead atoms. The number of aliphatic hydroxyl groups is 1. The van der Waals surface area contributed by atoms with E-state index in [1.807, 2.05) is 11.8 Å². The molecular weight excluding hydrogens is 234 g/mol. The lowest BCUT2D eigenvalue weighted by Gasteiger charge is -2.23. The number of aliphatic hydroxyl groups excluding tert-OH is 1. The molecule has 0 saturated heterocycles. The smallest absolute Gasteiger partial charge is 0.343 e. The van der Waals surface area contributed by atoms with Crippen molar-refractivity contribution in [2.45, 2.75) is 20.3 Å². The van der Waals surface area contributed by atoms with E-state index in [9.17, 15) is 4.79 Å². The van der Waals surface area contributed by atoms with Crippen LogP contribution in [0, 0.1) is 6.92 Å². The van der Waals surface area contributed by atoms with Gasteiger partial charge in [0.25, 0.3) is 0 Å². The van der Waals surface area contributed by atoms with E-state index in [0.717, 1.165) is 0 Å². The van der Waals surface area contributed by atoms with E-state index >= 15 is 0 Å². The molecular formula is C12H19N3O3. The first-order chi connectivity index (χ1) is 8.63. The Hall–Kier alpha value is -1.69. The molecule has 0 aliphatic heterocycles. The summed E-state index contributed by atoms with van der Waals surface area (Å²) in [5.41, 5.74) is 0.350. The Kier molecular flexibility index (Phi) is 5.51. The molecule has 0 aliphatic rings. The van der Waals surface area contributed by atoms with Crippen LogP contribution in [-0.2, 0) is 4.74 Å². The molecule has 1 heterocycles. The Bertz CT molecular complexity index is 410. The second kappa shape index (κ2) is 6.90. The van der Waals surface area contributed by atoms with Crippen molar-refractivity contribution in [1.29, 1.82) is 0 Å². The molecule has 0 aliphatic carbocycles. The first-order valence-corrected chi connectivity index (χ1v) is 5.91. The van der Waals surface area contributed by atoms with E-state index in [4.69, 9.17) is 9.84 Å². The van der Waals surface area contributed by atoms with Crippen molar-refractivity contribution in [3.8, 4) is 0 Å². The van der Waals surface area contributed by atoms with Crippen LogP contribution in [-0.4, -0.2) is 47.8 Å². The SMILES string of the molecule is CCN(CCCO)c1nc(C)ncc1C(=O)OC. The van der Waals surface area contributed by atoms with Gasteiger partial charge in [0, 0.05) is 25.9 Å². The Morgan fingerprint density at radius 2 is 2.28 bits per heavy atom. The second-order valence-corrected chi connectivity index (χ2v) is 3.80. The number of rotatable bonds is 6. The molecule has 0 unspecified atom stereocenters. The average Bonchev–Trinajstić information content (AvgIpc) is 2.39. The van der Waals surface area contributed by atoms with Crippen molar-refractivity contribution in [1.82, 2.24) is 9.97 Å². The molecule has 1 aromatic heterocycles. The predicted molar refractivity (Wildman–Crippen MR) is 67.7 cm³/mol. The Morgan fingerprint density at radius 3 is 2.83 bits per heavy atom. The number of aromatic nitrogens is 2. The lowest BCUT2D eigenvalue weighted by atomic mass is 10.2. The number of anilines is 1. The van der Waals surface area contributed by atoms with Gasteiger partial charge >= 0.3 is 5.97 Å². The molecule has 0 saturated carbocycles. The summed E-state index contributed by atoms with van der Waals surface area (Å²) in [6.45, 7) is 5.17. The molecule has 1 N–H and O–H groups in total. The molecule has 0 amide bonds. The average molecular weight is 253 g/mol. The summed E-state index contributed by atoms with van der Waals surface area (Å²) in [5.74, 6) is 0.706. The van der Waals surface area contributed by atoms with Crippen LogP contribution in [0.1, 0.15) is 29.5 Å². The third-order valence-electron chi connectivity index (χ3n) is 2.56. The summed E-state index contributed by atoms with van der Waals surface area (Å²) in [7, 11) is 1.33. The molecule has 0 radical (unpaired) electrons. The van der Waals surface area contributed by atoms with Gasteiger partial charge in [0.1, 0.15) is 17.2 Å². The van der Waals surface area contributed by atoms with Crippen LogP contribution in [0.2, 0.25) is 0 Å². The number of carbonyl (C=O) groups is 1. The standard InChI is InChI=1S/C12H19N3O3/c1-4-15(6-5-7-16)11-10(12(17)18-3)8-13-9(2)14-11/h8,16H,4-7H2,1-3H3. The molecule has 0 spiro atoms. The summed E-state index contributed by atoms with van der Waals surface area (Å²) in [4.78, 5) is 21.9. The van der Waals surface area contributed by atoms with Crippen molar-refractivity contribution in [2.24, 2.45) is 0 Å². The van der Waals surface area contributed by atoms with Crippen molar-refractivity contribution < 1.29 is 14.6 Å². The van der Waals surface area contributed by atoms with E-state index in [-0.39, 0.29) is 6.61 Å². The quantitative estimate of drug-likeness (QED) is 0.755. The number of carbonyl (C=O) groups excluding carboxylic acids is 1. The number of esters is 1. The number of hydrogen-bond acceptors (Lipinski definition) is 6. The lowest BCUT2D eigenvalue weighted by Crippen LogP contribution is -2.28. The third-order valence-corrected chi connectivity index (χ3v) is 2.56. The van der Waals surface area contributed by atoms with Crippen molar-refractivity contribution in [2.75, 3.05) is 31.7 Å². The predicted octanol–water partition coefficient (Wildman–Crippen LogP) is 0.780. The fourth-order valence-corrected chi connectivity index (χ4v) is 1.63. The molecule has 6 nitrogen and oxygen atoms in total. The fraction of sp³-hybridized carbons (Fsp3) is 0.583. The number of hydrogen-bond donors (Lipinski definition) is 1. The molecule has 0 fully saturated rings. The maximum absolute atomic E-state index is 11.7. The van der Waals surface area contributed by atoms with Gasteiger partial charge < -0.3 is 14.7 Å². The van der Waals surface area contributed by atoms with E-state index in [1.165, 1.54) is 13.3 Å². The minimum absolute atomic E-state index is 0.105. The maximum atomic E-state index is 11.7. The Morgan fingerprint density at radius 1 is 1.56 bits per heavy atom. The first-order valence-electron chi connectivity index (χ1n) is 5.91. The largest absolute Gasteiger partial charge is 0.465 e. The van der Waals surface area contributed by atoms with Crippen LogP contribution in [0.15, 0.2) is 6.20 Å². The fourth-order valence-electron chi connectivity index (χ4n) is 1.63. The minimum Gasteiger partial charge on any atom is -0.465 e. The van der Waals surface area contributed by atoms with Crippen LogP contribution in [0.3, 0.4) is 0 Å². The normalized spacial score (nSPS) is 10.2. The van der Waals surface area contributed by atoms with Gasteiger partial charge in [-0.05, 0) is 20.3 Å². The monoisotopic (exact) mass is 253 g/mol. The topological polar surface area (TPSA) is 75.5 Å². The van der Waals surface area contributed by atoms with Gasteiger partial charge in [-0.3, -0.25) is 0 Å². The van der Waals surface area contributed by atoms with Crippen molar-refractivity contribution in [3.05, 3.63) is 17.6 Å². The van der Waals surface area contributed by atoms with Crippen molar-refractivity contribution >= 4 is 11.8 Å². The summed E-state index contributed by atoms with van der Waals surface area (Å²) < 4.78 is 4.72. The van der Waals surface area contributed by atoms with Gasteiger partial charge in [-0.25, -0.2) is 14.8 Å². The minimum atomic E-state index is -0.451. The summed E-state index contributed by atoms with van der Waals surface area (Å²) >= 11 is 0. The molecule has 1 rings (SSSR count). The second-order valence-electron chi connectivity index (χ2n) is 3.80. The zero-order valence-electron chi connectivity index (χ0n) is 11.0. The van der Waals surface area contributed by atoms with Gasteiger partial charge in [0.15, 0.2) is 0 Å². The van der Waals surface area contributed by atoms with Gasteiger partial charge in [-0.15, -0.1) is 0 Å². The first kappa shape index (κ1) is 14.4. The maximum Gasteiger partial charge on any atom is 0.343 e. The Balaban J connectivity index is 3.09. The molecule has 6 heteroatoms. The van der Waals surface area contributed by atoms with Gasteiger partial charge in [-0.2, -0.15) is 0 Å². The molecule has 18 heavy (non-hydrogen) atoms. The summed E-state index contributed by atoms with van der Waals surface area (Å²) in [5, 5.41) is 8.89. The van der Waals surface area contributed by atoms with E-state index in [2.05, 4.69) is 9.97 Å². The molecule has 100 valence electrons. The highest BCUT2D eigenvalue weighted by Gasteiger charge is 2.18. The van der Waals surface area contributed by atoms with E-state index in [1.54, 1.807) is 6.92 Å². The van der Waals surface area contributed by atoms with E-state index < -0.39 is 5.97 Å². The highest BCUT2D eigenvalue weighted by atomic mass is 16.5. The van der Waals surface area contributed by atoms with Crippen LogP contribution in [0.4, 0.5) is 5.82 Å². The van der Waals surface area contributed by atoms with E-state index in [0.29, 0.717) is 36.7 Å². The van der Waals surface area contributed by atoms with Crippen molar-refractivity contribution in [3.63, 3.8) is 0 Å². The number of aryl methyl sites for hydroxylation is 1. The Labute approximate surface area is 107 Å². The molecule has 1 aromatic rings. The highest BCUT2D eigenvalue weighted by Crippen LogP contribution is 2.18. The highest BCUT2D eigenvalue weighted by molar-refractivity contribution is 5.94. The lowest BCUT2D eigenvalue weighted by molar-refractivity contribution is 0.0600. The molecule has 0 aromatic carbocycles.